The highest BCUT2D eigenvalue weighted by atomic mass is 16.5. The number of morpholine rings is 1. The van der Waals surface area contributed by atoms with Crippen molar-refractivity contribution in [3.05, 3.63) is 59.9 Å². The van der Waals surface area contributed by atoms with Gasteiger partial charge in [-0.25, -0.2) is 0 Å². The van der Waals surface area contributed by atoms with Crippen LogP contribution in [0, 0.1) is 0 Å². The third-order valence-electron chi connectivity index (χ3n) is 4.13. The van der Waals surface area contributed by atoms with Crippen molar-refractivity contribution >= 4 is 11.6 Å². The van der Waals surface area contributed by atoms with Crippen molar-refractivity contribution in [3.8, 4) is 0 Å². The van der Waals surface area contributed by atoms with Crippen molar-refractivity contribution in [3.63, 3.8) is 0 Å². The Balaban J connectivity index is 1.62. The molecule has 1 aromatic heterocycles. The van der Waals surface area contributed by atoms with Crippen LogP contribution in [0.2, 0.25) is 0 Å². The monoisotopic (exact) mass is 325 g/mol. The molecule has 1 amide bonds. The Morgan fingerprint density at radius 2 is 2.12 bits per heavy atom. The fourth-order valence-corrected chi connectivity index (χ4v) is 2.90. The van der Waals surface area contributed by atoms with Crippen LogP contribution >= 0.6 is 0 Å². The molecule has 2 aromatic rings. The van der Waals surface area contributed by atoms with Crippen LogP contribution in [-0.2, 0) is 11.2 Å². The average molecular weight is 325 g/mol. The second-order valence-electron chi connectivity index (χ2n) is 6.09. The zero-order valence-electron chi connectivity index (χ0n) is 13.9. The van der Waals surface area contributed by atoms with Crippen LogP contribution in [0.15, 0.2) is 48.8 Å². The molecule has 1 saturated heterocycles. The summed E-state index contributed by atoms with van der Waals surface area (Å²) in [7, 11) is 0. The molecule has 1 N–H and O–H groups in total. The predicted octanol–water partition coefficient (Wildman–Crippen LogP) is 2.28. The highest BCUT2D eigenvalue weighted by Gasteiger charge is 2.14. The quantitative estimate of drug-likeness (QED) is 0.916. The molecule has 1 fully saturated rings. The molecule has 1 unspecified atom stereocenters. The first-order valence-electron chi connectivity index (χ1n) is 8.35. The Labute approximate surface area is 142 Å². The van der Waals surface area contributed by atoms with Gasteiger partial charge >= 0.3 is 0 Å². The van der Waals surface area contributed by atoms with Gasteiger partial charge in [-0.2, -0.15) is 0 Å². The Kier molecular flexibility index (Phi) is 5.43. The van der Waals surface area contributed by atoms with E-state index in [1.807, 2.05) is 49.5 Å². The molecule has 1 atom stereocenters. The number of benzene rings is 1. The summed E-state index contributed by atoms with van der Waals surface area (Å²) in [5.74, 6) is -0.0403. The van der Waals surface area contributed by atoms with E-state index in [4.69, 9.17) is 4.74 Å². The van der Waals surface area contributed by atoms with Crippen molar-refractivity contribution < 1.29 is 9.53 Å². The normalized spacial score (nSPS) is 15.8. The van der Waals surface area contributed by atoms with Gasteiger partial charge in [-0.1, -0.05) is 12.1 Å². The number of rotatable bonds is 5. The predicted molar refractivity (Wildman–Crippen MR) is 94.3 cm³/mol. The van der Waals surface area contributed by atoms with Gasteiger partial charge in [0.1, 0.15) is 0 Å². The number of aromatic nitrogens is 1. The zero-order valence-corrected chi connectivity index (χ0v) is 13.9. The second kappa shape index (κ2) is 7.93. The zero-order chi connectivity index (χ0) is 16.8. The van der Waals surface area contributed by atoms with E-state index in [1.54, 1.807) is 6.20 Å². The summed E-state index contributed by atoms with van der Waals surface area (Å²) in [6, 6.07) is 11.8. The Hall–Kier alpha value is -2.40. The van der Waals surface area contributed by atoms with Crippen LogP contribution in [0.5, 0.6) is 0 Å². The molecule has 0 spiro atoms. The smallest absolute Gasteiger partial charge is 0.251 e. The molecule has 5 nitrogen and oxygen atoms in total. The van der Waals surface area contributed by atoms with Gasteiger partial charge in [0, 0.05) is 42.8 Å². The minimum absolute atomic E-state index is 0.0403. The Morgan fingerprint density at radius 1 is 1.29 bits per heavy atom. The van der Waals surface area contributed by atoms with Gasteiger partial charge in [-0.05, 0) is 43.2 Å². The fraction of sp³-hybridized carbons (Fsp3) is 0.368. The van der Waals surface area contributed by atoms with E-state index in [1.165, 1.54) is 0 Å². The molecule has 1 aliphatic heterocycles. The summed E-state index contributed by atoms with van der Waals surface area (Å²) >= 11 is 0. The Bertz CT molecular complexity index is 669. The van der Waals surface area contributed by atoms with Gasteiger partial charge < -0.3 is 15.0 Å². The van der Waals surface area contributed by atoms with E-state index in [2.05, 4.69) is 15.2 Å². The van der Waals surface area contributed by atoms with Gasteiger partial charge in [0.25, 0.3) is 5.91 Å². The van der Waals surface area contributed by atoms with E-state index < -0.39 is 0 Å². The maximum atomic E-state index is 12.5. The lowest BCUT2D eigenvalue weighted by atomic mass is 10.1. The van der Waals surface area contributed by atoms with E-state index >= 15 is 0 Å². The van der Waals surface area contributed by atoms with Crippen molar-refractivity contribution in [2.45, 2.75) is 19.4 Å². The number of anilines is 1. The molecular formula is C19H23N3O2. The molecular weight excluding hydrogens is 302 g/mol. The molecule has 2 heterocycles. The molecule has 24 heavy (non-hydrogen) atoms. The van der Waals surface area contributed by atoms with Gasteiger partial charge in [0.2, 0.25) is 0 Å². The number of carbonyl (C=O) groups excluding carboxylic acids is 1. The van der Waals surface area contributed by atoms with Crippen molar-refractivity contribution in [1.29, 1.82) is 0 Å². The summed E-state index contributed by atoms with van der Waals surface area (Å²) in [6.07, 6.45) is 4.36. The maximum Gasteiger partial charge on any atom is 0.251 e. The first kappa shape index (κ1) is 16.5. The van der Waals surface area contributed by atoms with Crippen LogP contribution in [0.3, 0.4) is 0 Å². The van der Waals surface area contributed by atoms with Gasteiger partial charge in [-0.15, -0.1) is 0 Å². The summed E-state index contributed by atoms with van der Waals surface area (Å²) in [5, 5.41) is 3.06. The topological polar surface area (TPSA) is 54.5 Å². The van der Waals surface area contributed by atoms with Crippen molar-refractivity contribution in [2.75, 3.05) is 31.2 Å². The van der Waals surface area contributed by atoms with Crippen LogP contribution in [-0.4, -0.2) is 43.2 Å². The van der Waals surface area contributed by atoms with Gasteiger partial charge in [0.05, 0.1) is 13.2 Å². The van der Waals surface area contributed by atoms with Gasteiger partial charge in [0.15, 0.2) is 0 Å². The van der Waals surface area contributed by atoms with E-state index in [-0.39, 0.29) is 11.9 Å². The SMILES string of the molecule is CC(Cc1cccnc1)NC(=O)c1cccc(N2CCOCC2)c1. The van der Waals surface area contributed by atoms with Gasteiger partial charge in [-0.3, -0.25) is 9.78 Å². The van der Waals surface area contributed by atoms with Crippen LogP contribution in [0.25, 0.3) is 0 Å². The van der Waals surface area contributed by atoms with Crippen molar-refractivity contribution in [2.24, 2.45) is 0 Å². The van der Waals surface area contributed by atoms with E-state index in [0.717, 1.165) is 44.0 Å². The second-order valence-corrected chi connectivity index (χ2v) is 6.09. The van der Waals surface area contributed by atoms with Crippen molar-refractivity contribution in [1.82, 2.24) is 10.3 Å². The fourth-order valence-electron chi connectivity index (χ4n) is 2.90. The highest BCUT2D eigenvalue weighted by Crippen LogP contribution is 2.17. The standard InChI is InChI=1S/C19H23N3O2/c1-15(12-16-4-3-7-20-14-16)21-19(23)17-5-2-6-18(13-17)22-8-10-24-11-9-22/h2-7,13-15H,8-12H2,1H3,(H,21,23). The highest BCUT2D eigenvalue weighted by molar-refractivity contribution is 5.95. The van der Waals surface area contributed by atoms with Crippen LogP contribution in [0.1, 0.15) is 22.8 Å². The lowest BCUT2D eigenvalue weighted by molar-refractivity contribution is 0.0940. The number of hydrogen-bond acceptors (Lipinski definition) is 4. The molecule has 126 valence electrons. The number of nitrogens with one attached hydrogen (secondary N) is 1. The number of hydrogen-bond donors (Lipinski definition) is 1. The number of ether oxygens (including phenoxy) is 1. The number of amides is 1. The summed E-state index contributed by atoms with van der Waals surface area (Å²) in [5.41, 5.74) is 2.88. The van der Waals surface area contributed by atoms with Crippen LogP contribution in [0.4, 0.5) is 5.69 Å². The molecule has 0 saturated carbocycles. The summed E-state index contributed by atoms with van der Waals surface area (Å²) in [4.78, 5) is 18.9. The summed E-state index contributed by atoms with van der Waals surface area (Å²) < 4.78 is 5.38. The molecule has 3 rings (SSSR count). The Morgan fingerprint density at radius 3 is 2.88 bits per heavy atom. The number of carbonyl (C=O) groups is 1. The molecule has 0 aliphatic carbocycles. The lowest BCUT2D eigenvalue weighted by Crippen LogP contribution is -2.37. The molecule has 0 bridgehead atoms. The maximum absolute atomic E-state index is 12.5. The largest absolute Gasteiger partial charge is 0.378 e. The number of nitrogens with zero attached hydrogens (tertiary/aromatic N) is 2. The van der Waals surface area contributed by atoms with Crippen LogP contribution < -0.4 is 10.2 Å². The molecule has 1 aromatic carbocycles. The van der Waals surface area contributed by atoms with E-state index in [9.17, 15) is 4.79 Å². The third kappa shape index (κ3) is 4.32. The minimum Gasteiger partial charge on any atom is -0.378 e. The average Bonchev–Trinajstić information content (AvgIpc) is 2.63. The molecule has 0 radical (unpaired) electrons. The summed E-state index contributed by atoms with van der Waals surface area (Å²) in [6.45, 7) is 5.21. The third-order valence-corrected chi connectivity index (χ3v) is 4.13. The number of pyridine rings is 1. The first-order chi connectivity index (χ1) is 11.7. The minimum atomic E-state index is -0.0403. The molecule has 5 heteroatoms. The first-order valence-corrected chi connectivity index (χ1v) is 8.35. The van der Waals surface area contributed by atoms with E-state index in [0.29, 0.717) is 5.56 Å². The molecule has 1 aliphatic rings. The lowest BCUT2D eigenvalue weighted by Gasteiger charge is -2.29.